The molecule has 0 saturated heterocycles. The highest BCUT2D eigenvalue weighted by Gasteiger charge is 2.12. The van der Waals surface area contributed by atoms with Crippen LogP contribution in [0.25, 0.3) is 0 Å². The minimum atomic E-state index is -2.41. The summed E-state index contributed by atoms with van der Waals surface area (Å²) < 4.78 is 64.7. The van der Waals surface area contributed by atoms with Crippen molar-refractivity contribution in [3.63, 3.8) is 0 Å². The first-order valence-electron chi connectivity index (χ1n) is 7.45. The van der Waals surface area contributed by atoms with E-state index in [-0.39, 0.29) is 17.7 Å². The van der Waals surface area contributed by atoms with Crippen LogP contribution >= 0.6 is 11.6 Å². The Kier molecular flexibility index (Phi) is 7.15. The predicted octanol–water partition coefficient (Wildman–Crippen LogP) is 6.40. The summed E-state index contributed by atoms with van der Waals surface area (Å²) in [4.78, 5) is 4.97. The van der Waals surface area contributed by atoms with Crippen molar-refractivity contribution in [3.8, 4) is 0 Å². The van der Waals surface area contributed by atoms with E-state index >= 15 is 0 Å². The Morgan fingerprint density at radius 2 is 1.54 bits per heavy atom. The zero-order chi connectivity index (χ0) is 19.1. The van der Waals surface area contributed by atoms with Gasteiger partial charge in [-0.2, -0.15) is 8.78 Å². The molecule has 0 aliphatic heterocycles. The number of benzene rings is 2. The molecule has 0 heterocycles. The molecule has 26 heavy (non-hydrogen) atoms. The lowest BCUT2D eigenvalue weighted by molar-refractivity contribution is 0.124. The third kappa shape index (κ3) is 5.56. The average Bonchev–Trinajstić information content (AvgIpc) is 2.60. The van der Waals surface area contributed by atoms with Gasteiger partial charge >= 0.3 is 6.08 Å². The molecule has 0 bridgehead atoms. The Morgan fingerprint density at radius 1 is 0.923 bits per heavy atom. The summed E-state index contributed by atoms with van der Waals surface area (Å²) in [5, 5.41) is 4.17. The smallest absolute Gasteiger partial charge is 0.301 e. The number of allylic oxidation sites excluding steroid dienone is 1. The molecular formula is C18H13ClF5NO. The molecule has 0 aromatic heterocycles. The van der Waals surface area contributed by atoms with Crippen LogP contribution in [-0.4, -0.2) is 5.71 Å². The normalized spacial score (nSPS) is 11.4. The summed E-state index contributed by atoms with van der Waals surface area (Å²) in [5.74, 6) is -3.17. The maximum absolute atomic E-state index is 13.6. The maximum atomic E-state index is 13.6. The number of rotatable bonds is 7. The molecule has 0 unspecified atom stereocenters. The van der Waals surface area contributed by atoms with E-state index in [2.05, 4.69) is 5.16 Å². The van der Waals surface area contributed by atoms with Gasteiger partial charge in [0.15, 0.2) is 5.83 Å². The minimum Gasteiger partial charge on any atom is -0.390 e. The molecule has 138 valence electrons. The highest BCUT2D eigenvalue weighted by molar-refractivity contribution is 6.30. The Hall–Kier alpha value is -2.41. The van der Waals surface area contributed by atoms with Crippen molar-refractivity contribution in [1.82, 2.24) is 0 Å². The molecule has 0 spiro atoms. The Balaban J connectivity index is 2.18. The van der Waals surface area contributed by atoms with E-state index < -0.39 is 36.6 Å². The van der Waals surface area contributed by atoms with E-state index in [0.29, 0.717) is 10.6 Å². The summed E-state index contributed by atoms with van der Waals surface area (Å²) in [7, 11) is 0. The van der Waals surface area contributed by atoms with Crippen LogP contribution in [0.15, 0.2) is 59.5 Å². The standard InChI is InChI=1S/C18H13ClF5NO/c19-12-6-4-11(5-7-12)17(9-8-16(22)18(23)24)25-26-10-13-14(20)2-1-3-15(13)21/h1-7H,8-10H2/b25-17-. The molecule has 2 aromatic carbocycles. The van der Waals surface area contributed by atoms with Crippen LogP contribution < -0.4 is 0 Å². The largest absolute Gasteiger partial charge is 0.390 e. The second-order valence-corrected chi connectivity index (χ2v) is 5.62. The van der Waals surface area contributed by atoms with Gasteiger partial charge in [-0.15, -0.1) is 0 Å². The zero-order valence-electron chi connectivity index (χ0n) is 13.3. The average molecular weight is 390 g/mol. The summed E-state index contributed by atoms with van der Waals surface area (Å²) >= 11 is 5.78. The van der Waals surface area contributed by atoms with Gasteiger partial charge in [0.2, 0.25) is 0 Å². The fraction of sp³-hybridized carbons (Fsp3) is 0.167. The third-order valence-electron chi connectivity index (χ3n) is 3.41. The lowest BCUT2D eigenvalue weighted by Crippen LogP contribution is -2.04. The lowest BCUT2D eigenvalue weighted by Gasteiger charge is -2.08. The Bertz CT molecular complexity index is 797. The molecule has 0 aliphatic carbocycles. The quantitative estimate of drug-likeness (QED) is 0.305. The summed E-state index contributed by atoms with van der Waals surface area (Å²) in [5.41, 5.74) is 0.262. The first kappa shape index (κ1) is 19.9. The molecule has 2 rings (SSSR count). The summed E-state index contributed by atoms with van der Waals surface area (Å²) in [6.07, 6.45) is -3.21. The molecule has 2 aromatic rings. The molecule has 0 N–H and O–H groups in total. The van der Waals surface area contributed by atoms with E-state index in [4.69, 9.17) is 16.4 Å². The number of nitrogens with zero attached hydrogens (tertiary/aromatic N) is 1. The van der Waals surface area contributed by atoms with Gasteiger partial charge in [-0.25, -0.2) is 13.2 Å². The SMILES string of the molecule is FC(F)=C(F)CC/C(=N/OCc1c(F)cccc1F)c1ccc(Cl)cc1. The van der Waals surface area contributed by atoms with Gasteiger partial charge in [0.25, 0.3) is 0 Å². The van der Waals surface area contributed by atoms with Crippen molar-refractivity contribution >= 4 is 17.3 Å². The minimum absolute atomic E-state index is 0.134. The van der Waals surface area contributed by atoms with Crippen LogP contribution in [0.3, 0.4) is 0 Å². The van der Waals surface area contributed by atoms with Gasteiger partial charge in [0.05, 0.1) is 11.3 Å². The van der Waals surface area contributed by atoms with Crippen LogP contribution in [-0.2, 0) is 11.4 Å². The highest BCUT2D eigenvalue weighted by Crippen LogP contribution is 2.19. The number of hydrogen-bond acceptors (Lipinski definition) is 2. The molecule has 0 atom stereocenters. The Labute approximate surface area is 151 Å². The molecule has 0 saturated carbocycles. The fourth-order valence-corrected chi connectivity index (χ4v) is 2.18. The number of halogens is 6. The lowest BCUT2D eigenvalue weighted by atomic mass is 10.1. The van der Waals surface area contributed by atoms with E-state index in [0.717, 1.165) is 12.1 Å². The topological polar surface area (TPSA) is 21.6 Å². The van der Waals surface area contributed by atoms with Gasteiger partial charge < -0.3 is 4.84 Å². The molecule has 0 amide bonds. The van der Waals surface area contributed by atoms with E-state index in [9.17, 15) is 22.0 Å². The van der Waals surface area contributed by atoms with Crippen molar-refractivity contribution in [2.75, 3.05) is 0 Å². The van der Waals surface area contributed by atoms with Crippen LogP contribution in [0, 0.1) is 11.6 Å². The Morgan fingerprint density at radius 3 is 2.12 bits per heavy atom. The van der Waals surface area contributed by atoms with Gasteiger partial charge in [-0.3, -0.25) is 0 Å². The molecule has 0 fully saturated rings. The molecular weight excluding hydrogens is 377 g/mol. The van der Waals surface area contributed by atoms with Crippen molar-refractivity contribution in [1.29, 1.82) is 0 Å². The van der Waals surface area contributed by atoms with Crippen molar-refractivity contribution in [3.05, 3.63) is 82.2 Å². The van der Waals surface area contributed by atoms with E-state index in [1.54, 1.807) is 12.1 Å². The fourth-order valence-electron chi connectivity index (χ4n) is 2.05. The van der Waals surface area contributed by atoms with E-state index in [1.807, 2.05) is 0 Å². The van der Waals surface area contributed by atoms with Gasteiger partial charge in [0, 0.05) is 17.9 Å². The maximum Gasteiger partial charge on any atom is 0.301 e. The van der Waals surface area contributed by atoms with Crippen LogP contribution in [0.5, 0.6) is 0 Å². The monoisotopic (exact) mass is 389 g/mol. The number of hydrogen-bond donors (Lipinski definition) is 0. The molecule has 0 radical (unpaired) electrons. The van der Waals surface area contributed by atoms with Crippen molar-refractivity contribution in [2.45, 2.75) is 19.4 Å². The third-order valence-corrected chi connectivity index (χ3v) is 3.66. The first-order chi connectivity index (χ1) is 12.4. The van der Waals surface area contributed by atoms with Crippen LogP contribution in [0.4, 0.5) is 22.0 Å². The summed E-state index contributed by atoms with van der Waals surface area (Å²) in [6, 6.07) is 9.49. The highest BCUT2D eigenvalue weighted by atomic mass is 35.5. The van der Waals surface area contributed by atoms with Gasteiger partial charge in [-0.05, 0) is 29.8 Å². The first-order valence-corrected chi connectivity index (χ1v) is 7.83. The van der Waals surface area contributed by atoms with Crippen LogP contribution in [0.2, 0.25) is 5.02 Å². The van der Waals surface area contributed by atoms with Gasteiger partial charge in [-0.1, -0.05) is 35.0 Å². The van der Waals surface area contributed by atoms with Crippen molar-refractivity contribution < 1.29 is 26.8 Å². The van der Waals surface area contributed by atoms with E-state index in [1.165, 1.54) is 18.2 Å². The van der Waals surface area contributed by atoms with Crippen molar-refractivity contribution in [2.24, 2.45) is 5.16 Å². The van der Waals surface area contributed by atoms with Crippen LogP contribution in [0.1, 0.15) is 24.0 Å². The second-order valence-electron chi connectivity index (χ2n) is 5.18. The molecule has 0 aliphatic rings. The molecule has 8 heteroatoms. The summed E-state index contributed by atoms with van der Waals surface area (Å²) in [6.45, 7) is -0.509. The zero-order valence-corrected chi connectivity index (χ0v) is 14.0. The molecule has 2 nitrogen and oxygen atoms in total. The predicted molar refractivity (Wildman–Crippen MR) is 88.7 cm³/mol. The second kappa shape index (κ2) is 9.33. The number of oxime groups is 1. The van der Waals surface area contributed by atoms with Gasteiger partial charge in [0.1, 0.15) is 18.2 Å².